The first-order chi connectivity index (χ1) is 7.04. The van der Waals surface area contributed by atoms with Gasteiger partial charge in [0.25, 0.3) is 0 Å². The Labute approximate surface area is 95.0 Å². The number of hydrogen-bond acceptors (Lipinski definition) is 2. The molecule has 1 unspecified atom stereocenters. The van der Waals surface area contributed by atoms with Crippen LogP contribution in [-0.2, 0) is 4.79 Å². The van der Waals surface area contributed by atoms with E-state index in [0.717, 1.165) is 0 Å². The predicted octanol–water partition coefficient (Wildman–Crippen LogP) is 2.69. The lowest BCUT2D eigenvalue weighted by atomic mass is 10.2. The topological polar surface area (TPSA) is 52.9 Å². The third-order valence-electron chi connectivity index (χ3n) is 1.77. The van der Waals surface area contributed by atoms with E-state index >= 15 is 0 Å². The summed E-state index contributed by atoms with van der Waals surface area (Å²) >= 11 is 3.17. The predicted molar refractivity (Wildman–Crippen MR) is 57.5 cm³/mol. The lowest BCUT2D eigenvalue weighted by Gasteiger charge is -2.08. The Morgan fingerprint density at radius 1 is 1.67 bits per heavy atom. The molecule has 0 aliphatic heterocycles. The van der Waals surface area contributed by atoms with Gasteiger partial charge in [0.05, 0.1) is 11.8 Å². The van der Waals surface area contributed by atoms with Crippen LogP contribution >= 0.6 is 15.9 Å². The zero-order valence-corrected chi connectivity index (χ0v) is 9.51. The molecule has 78 valence electrons. The summed E-state index contributed by atoms with van der Waals surface area (Å²) in [5.41, 5.74) is 0.321. The van der Waals surface area contributed by atoms with Crippen LogP contribution in [0.25, 0.3) is 0 Å². The van der Waals surface area contributed by atoms with E-state index in [4.69, 9.17) is 5.26 Å². The van der Waals surface area contributed by atoms with Gasteiger partial charge in [-0.25, -0.2) is 4.39 Å². The van der Waals surface area contributed by atoms with Crippen LogP contribution in [0.5, 0.6) is 0 Å². The number of nitrogens with zero attached hydrogens (tertiary/aromatic N) is 1. The molecule has 0 saturated carbocycles. The van der Waals surface area contributed by atoms with Gasteiger partial charge in [0.2, 0.25) is 5.91 Å². The van der Waals surface area contributed by atoms with Crippen LogP contribution in [0.2, 0.25) is 0 Å². The number of anilines is 1. The average molecular weight is 271 g/mol. The molecule has 1 rings (SSSR count). The van der Waals surface area contributed by atoms with Gasteiger partial charge in [-0.15, -0.1) is 0 Å². The standard InChI is InChI=1S/C10H8BrFN2O/c1-6(5-13)10(15)14-9-4-7(12)2-3-8(9)11/h2-4,6H,1H3,(H,14,15). The molecule has 0 spiro atoms. The number of carbonyl (C=O) groups is 1. The van der Waals surface area contributed by atoms with Crippen LogP contribution in [0.4, 0.5) is 10.1 Å². The van der Waals surface area contributed by atoms with Crippen molar-refractivity contribution in [2.45, 2.75) is 6.92 Å². The van der Waals surface area contributed by atoms with Crippen molar-refractivity contribution in [2.24, 2.45) is 5.92 Å². The molecule has 0 radical (unpaired) electrons. The summed E-state index contributed by atoms with van der Waals surface area (Å²) in [5, 5.41) is 11.0. The third kappa shape index (κ3) is 3.03. The number of carbonyl (C=O) groups excluding carboxylic acids is 1. The van der Waals surface area contributed by atoms with E-state index < -0.39 is 17.6 Å². The molecule has 0 fully saturated rings. The van der Waals surface area contributed by atoms with Crippen LogP contribution in [0.3, 0.4) is 0 Å². The summed E-state index contributed by atoms with van der Waals surface area (Å²) < 4.78 is 13.4. The fraction of sp³-hybridized carbons (Fsp3) is 0.200. The molecule has 1 aromatic rings. The van der Waals surface area contributed by atoms with Crippen molar-refractivity contribution in [1.29, 1.82) is 5.26 Å². The lowest BCUT2D eigenvalue weighted by Crippen LogP contribution is -2.19. The SMILES string of the molecule is CC(C#N)C(=O)Nc1cc(F)ccc1Br. The molecule has 1 amide bonds. The van der Waals surface area contributed by atoms with E-state index in [0.29, 0.717) is 10.2 Å². The Bertz CT molecular complexity index is 428. The first-order valence-corrected chi connectivity index (χ1v) is 4.99. The summed E-state index contributed by atoms with van der Waals surface area (Å²) in [6.45, 7) is 1.47. The number of benzene rings is 1. The quantitative estimate of drug-likeness (QED) is 0.899. The molecule has 5 heteroatoms. The first kappa shape index (κ1) is 11.7. The maximum Gasteiger partial charge on any atom is 0.241 e. The highest BCUT2D eigenvalue weighted by Crippen LogP contribution is 2.23. The van der Waals surface area contributed by atoms with Crippen LogP contribution in [-0.4, -0.2) is 5.91 Å². The van der Waals surface area contributed by atoms with Crippen molar-refractivity contribution < 1.29 is 9.18 Å². The van der Waals surface area contributed by atoms with Gasteiger partial charge in [-0.2, -0.15) is 5.26 Å². The van der Waals surface area contributed by atoms with Gasteiger partial charge in [0.15, 0.2) is 0 Å². The molecule has 0 aromatic heterocycles. The van der Waals surface area contributed by atoms with Crippen LogP contribution in [0, 0.1) is 23.1 Å². The third-order valence-corrected chi connectivity index (χ3v) is 2.46. The minimum atomic E-state index is -0.764. The molecular weight excluding hydrogens is 263 g/mol. The Morgan fingerprint density at radius 2 is 2.33 bits per heavy atom. The molecule has 0 bridgehead atoms. The van der Waals surface area contributed by atoms with Gasteiger partial charge in [0, 0.05) is 4.47 Å². The molecule has 0 heterocycles. The molecule has 0 aliphatic rings. The largest absolute Gasteiger partial charge is 0.324 e. The van der Waals surface area contributed by atoms with Gasteiger partial charge in [-0.3, -0.25) is 4.79 Å². The van der Waals surface area contributed by atoms with Gasteiger partial charge < -0.3 is 5.32 Å². The van der Waals surface area contributed by atoms with Gasteiger partial charge in [-0.1, -0.05) is 0 Å². The number of nitriles is 1. The number of halogens is 2. The normalized spacial score (nSPS) is 11.6. The Kier molecular flexibility index (Phi) is 3.81. The monoisotopic (exact) mass is 270 g/mol. The van der Waals surface area contributed by atoms with E-state index in [9.17, 15) is 9.18 Å². The Morgan fingerprint density at radius 3 is 2.93 bits per heavy atom. The summed E-state index contributed by atoms with van der Waals surface area (Å²) in [5.74, 6) is -1.66. The molecule has 1 aromatic carbocycles. The molecular formula is C10H8BrFN2O. The van der Waals surface area contributed by atoms with Gasteiger partial charge in [0.1, 0.15) is 11.7 Å². The first-order valence-electron chi connectivity index (χ1n) is 4.20. The van der Waals surface area contributed by atoms with E-state index in [1.54, 1.807) is 6.07 Å². The minimum Gasteiger partial charge on any atom is -0.324 e. The van der Waals surface area contributed by atoms with Crippen molar-refractivity contribution in [3.63, 3.8) is 0 Å². The average Bonchev–Trinajstić information content (AvgIpc) is 2.22. The molecule has 3 nitrogen and oxygen atoms in total. The van der Waals surface area contributed by atoms with Gasteiger partial charge in [-0.05, 0) is 41.1 Å². The summed E-state index contributed by atoms with van der Waals surface area (Å²) in [4.78, 5) is 11.3. The van der Waals surface area contributed by atoms with Gasteiger partial charge >= 0.3 is 0 Å². The summed E-state index contributed by atoms with van der Waals surface area (Å²) in [6, 6.07) is 5.74. The summed E-state index contributed by atoms with van der Waals surface area (Å²) in [7, 11) is 0. The van der Waals surface area contributed by atoms with Crippen molar-refractivity contribution in [3.8, 4) is 6.07 Å². The van der Waals surface area contributed by atoms with E-state index in [2.05, 4.69) is 21.2 Å². The fourth-order valence-electron chi connectivity index (χ4n) is 0.893. The highest BCUT2D eigenvalue weighted by Gasteiger charge is 2.13. The smallest absolute Gasteiger partial charge is 0.241 e. The molecule has 15 heavy (non-hydrogen) atoms. The maximum atomic E-state index is 12.8. The van der Waals surface area contributed by atoms with Crippen LogP contribution in [0.1, 0.15) is 6.92 Å². The van der Waals surface area contributed by atoms with E-state index in [1.807, 2.05) is 0 Å². The van der Waals surface area contributed by atoms with Crippen LogP contribution < -0.4 is 5.32 Å². The number of nitrogens with one attached hydrogen (secondary N) is 1. The Balaban J connectivity index is 2.86. The fourth-order valence-corrected chi connectivity index (χ4v) is 1.24. The molecule has 1 N–H and O–H groups in total. The van der Waals surface area contributed by atoms with Crippen molar-refractivity contribution in [1.82, 2.24) is 0 Å². The molecule has 0 saturated heterocycles. The number of hydrogen-bond donors (Lipinski definition) is 1. The maximum absolute atomic E-state index is 12.8. The van der Waals surface area contributed by atoms with E-state index in [-0.39, 0.29) is 0 Å². The number of amides is 1. The highest BCUT2D eigenvalue weighted by atomic mass is 79.9. The van der Waals surface area contributed by atoms with E-state index in [1.165, 1.54) is 25.1 Å². The Hall–Kier alpha value is -1.41. The minimum absolute atomic E-state index is 0.321. The highest BCUT2D eigenvalue weighted by molar-refractivity contribution is 9.10. The second kappa shape index (κ2) is 4.89. The van der Waals surface area contributed by atoms with Crippen molar-refractivity contribution in [2.75, 3.05) is 5.32 Å². The lowest BCUT2D eigenvalue weighted by molar-refractivity contribution is -0.117. The zero-order valence-electron chi connectivity index (χ0n) is 7.92. The molecule has 1 atom stereocenters. The number of rotatable bonds is 2. The summed E-state index contributed by atoms with van der Waals surface area (Å²) in [6.07, 6.45) is 0. The second-order valence-electron chi connectivity index (χ2n) is 2.96. The van der Waals surface area contributed by atoms with Crippen molar-refractivity contribution >= 4 is 27.5 Å². The molecule has 0 aliphatic carbocycles. The van der Waals surface area contributed by atoms with Crippen LogP contribution in [0.15, 0.2) is 22.7 Å². The zero-order chi connectivity index (χ0) is 11.4. The second-order valence-corrected chi connectivity index (χ2v) is 3.82. The van der Waals surface area contributed by atoms with Crippen molar-refractivity contribution in [3.05, 3.63) is 28.5 Å².